The van der Waals surface area contributed by atoms with Crippen LogP contribution >= 0.6 is 0 Å². The number of rotatable bonds is 2. The van der Waals surface area contributed by atoms with Crippen LogP contribution in [0.15, 0.2) is 24.3 Å². The van der Waals surface area contributed by atoms with Crippen molar-refractivity contribution < 1.29 is 9.18 Å². The number of piperidine rings is 1. The van der Waals surface area contributed by atoms with Crippen molar-refractivity contribution in [2.75, 3.05) is 6.54 Å². The van der Waals surface area contributed by atoms with E-state index in [2.05, 4.69) is 6.92 Å². The second-order valence-electron chi connectivity index (χ2n) is 4.74. The molecule has 2 rings (SSSR count). The molecule has 0 spiro atoms. The molecule has 0 N–H and O–H groups in total. The van der Waals surface area contributed by atoms with Gasteiger partial charge in [0.2, 0.25) is 5.91 Å². The first-order valence-electron chi connectivity index (χ1n) is 6.21. The highest BCUT2D eigenvalue weighted by atomic mass is 19.1. The summed E-state index contributed by atoms with van der Waals surface area (Å²) in [5.41, 5.74) is 0.757. The van der Waals surface area contributed by atoms with Gasteiger partial charge in [0.05, 0.1) is 6.42 Å². The Labute approximate surface area is 101 Å². The van der Waals surface area contributed by atoms with Gasteiger partial charge in [0.25, 0.3) is 0 Å². The largest absolute Gasteiger partial charge is 0.340 e. The van der Waals surface area contributed by atoms with Gasteiger partial charge in [-0.1, -0.05) is 12.1 Å². The molecule has 0 aliphatic carbocycles. The summed E-state index contributed by atoms with van der Waals surface area (Å²) in [5.74, 6) is -0.162. The van der Waals surface area contributed by atoms with Gasteiger partial charge in [-0.15, -0.1) is 0 Å². The van der Waals surface area contributed by atoms with Crippen LogP contribution in [-0.2, 0) is 11.2 Å². The maximum atomic E-state index is 13.0. The smallest absolute Gasteiger partial charge is 0.227 e. The third kappa shape index (κ3) is 3.05. The van der Waals surface area contributed by atoms with Crippen LogP contribution < -0.4 is 0 Å². The van der Waals surface area contributed by atoms with E-state index >= 15 is 0 Å². The molecule has 92 valence electrons. The molecule has 1 heterocycles. The summed E-state index contributed by atoms with van der Waals surface area (Å²) in [6.45, 7) is 2.93. The minimum absolute atomic E-state index is 0.114. The zero-order valence-electron chi connectivity index (χ0n) is 10.2. The first kappa shape index (κ1) is 12.1. The van der Waals surface area contributed by atoms with E-state index in [1.165, 1.54) is 18.6 Å². The first-order chi connectivity index (χ1) is 8.16. The topological polar surface area (TPSA) is 20.3 Å². The van der Waals surface area contributed by atoms with Crippen molar-refractivity contribution in [3.05, 3.63) is 35.6 Å². The van der Waals surface area contributed by atoms with Gasteiger partial charge < -0.3 is 4.90 Å². The van der Waals surface area contributed by atoms with Crippen LogP contribution in [0.1, 0.15) is 31.7 Å². The average molecular weight is 235 g/mol. The number of carbonyl (C=O) groups excluding carboxylic acids is 1. The number of likely N-dealkylation sites (tertiary alicyclic amines) is 1. The molecule has 1 fully saturated rings. The van der Waals surface area contributed by atoms with Crippen molar-refractivity contribution in [2.24, 2.45) is 0 Å². The lowest BCUT2D eigenvalue weighted by atomic mass is 10.0. The fourth-order valence-electron chi connectivity index (χ4n) is 2.39. The first-order valence-corrected chi connectivity index (χ1v) is 6.21. The van der Waals surface area contributed by atoms with Crippen LogP contribution in [0.4, 0.5) is 4.39 Å². The highest BCUT2D eigenvalue weighted by Gasteiger charge is 2.22. The summed E-state index contributed by atoms with van der Waals surface area (Å²) in [7, 11) is 0. The van der Waals surface area contributed by atoms with Crippen molar-refractivity contribution in [3.63, 3.8) is 0 Å². The lowest BCUT2D eigenvalue weighted by molar-refractivity contribution is -0.133. The van der Waals surface area contributed by atoms with E-state index in [0.29, 0.717) is 12.5 Å². The fourth-order valence-corrected chi connectivity index (χ4v) is 2.39. The zero-order chi connectivity index (χ0) is 12.3. The summed E-state index contributed by atoms with van der Waals surface area (Å²) in [5, 5.41) is 0. The number of halogens is 1. The van der Waals surface area contributed by atoms with Crippen LogP contribution in [0.5, 0.6) is 0 Å². The lowest BCUT2D eigenvalue weighted by Gasteiger charge is -2.33. The second-order valence-corrected chi connectivity index (χ2v) is 4.74. The molecule has 1 aliphatic heterocycles. The number of nitrogens with zero attached hydrogens (tertiary/aromatic N) is 1. The molecular formula is C14H18FNO. The Balaban J connectivity index is 2.01. The maximum Gasteiger partial charge on any atom is 0.227 e. The normalized spacial score (nSPS) is 20.4. The molecule has 0 bridgehead atoms. The molecule has 0 unspecified atom stereocenters. The monoisotopic (exact) mass is 235 g/mol. The summed E-state index contributed by atoms with van der Waals surface area (Å²) in [4.78, 5) is 14.0. The number of carbonyl (C=O) groups is 1. The van der Waals surface area contributed by atoms with Crippen LogP contribution in [0.25, 0.3) is 0 Å². The molecule has 0 saturated carbocycles. The van der Waals surface area contributed by atoms with Gasteiger partial charge in [-0.05, 0) is 43.9 Å². The molecule has 0 radical (unpaired) electrons. The average Bonchev–Trinajstić information content (AvgIpc) is 2.29. The third-order valence-electron chi connectivity index (χ3n) is 3.37. The van der Waals surface area contributed by atoms with Crippen LogP contribution in [0.3, 0.4) is 0 Å². The van der Waals surface area contributed by atoms with Gasteiger partial charge in [0, 0.05) is 12.6 Å². The number of amides is 1. The molecule has 1 amide bonds. The van der Waals surface area contributed by atoms with Gasteiger partial charge in [-0.3, -0.25) is 4.79 Å². The van der Waals surface area contributed by atoms with E-state index in [0.717, 1.165) is 24.9 Å². The number of hydrogen-bond donors (Lipinski definition) is 0. The predicted octanol–water partition coefficient (Wildman–Crippen LogP) is 2.77. The summed E-state index contributed by atoms with van der Waals surface area (Å²) in [6.07, 6.45) is 3.67. The Bertz CT molecular complexity index is 405. The Kier molecular flexibility index (Phi) is 3.77. The maximum absolute atomic E-state index is 13.0. The molecule has 17 heavy (non-hydrogen) atoms. The Morgan fingerprint density at radius 1 is 1.47 bits per heavy atom. The van der Waals surface area contributed by atoms with Crippen LogP contribution in [0, 0.1) is 5.82 Å². The quantitative estimate of drug-likeness (QED) is 0.772. The SMILES string of the molecule is C[C@H]1CCCCN1C(=O)Cc1cccc(F)c1. The van der Waals surface area contributed by atoms with Crippen LogP contribution in [-0.4, -0.2) is 23.4 Å². The number of hydrogen-bond acceptors (Lipinski definition) is 1. The van der Waals surface area contributed by atoms with Crippen LogP contribution in [0.2, 0.25) is 0 Å². The third-order valence-corrected chi connectivity index (χ3v) is 3.37. The van der Waals surface area contributed by atoms with E-state index in [1.54, 1.807) is 12.1 Å². The fraction of sp³-hybridized carbons (Fsp3) is 0.500. The minimum Gasteiger partial charge on any atom is -0.340 e. The molecule has 1 aromatic carbocycles. The van der Waals surface area contributed by atoms with Crippen molar-refractivity contribution in [1.29, 1.82) is 0 Å². The van der Waals surface area contributed by atoms with Crippen molar-refractivity contribution in [2.45, 2.75) is 38.6 Å². The highest BCUT2D eigenvalue weighted by Crippen LogP contribution is 2.17. The Morgan fingerprint density at radius 3 is 3.00 bits per heavy atom. The van der Waals surface area contributed by atoms with Gasteiger partial charge >= 0.3 is 0 Å². The second kappa shape index (κ2) is 5.30. The highest BCUT2D eigenvalue weighted by molar-refractivity contribution is 5.79. The number of benzene rings is 1. The molecule has 2 nitrogen and oxygen atoms in total. The van der Waals surface area contributed by atoms with Gasteiger partial charge in [0.1, 0.15) is 5.82 Å². The van der Waals surface area contributed by atoms with E-state index in [-0.39, 0.29) is 11.7 Å². The van der Waals surface area contributed by atoms with Crippen molar-refractivity contribution in [1.82, 2.24) is 4.90 Å². The van der Waals surface area contributed by atoms with Crippen molar-refractivity contribution >= 4 is 5.91 Å². The molecule has 1 aromatic rings. The van der Waals surface area contributed by atoms with Gasteiger partial charge in [-0.25, -0.2) is 4.39 Å². The van der Waals surface area contributed by atoms with Gasteiger partial charge in [0.15, 0.2) is 0 Å². The predicted molar refractivity (Wildman–Crippen MR) is 65.1 cm³/mol. The summed E-state index contributed by atoms with van der Waals surface area (Å²) in [6, 6.07) is 6.61. The van der Waals surface area contributed by atoms with Gasteiger partial charge in [-0.2, -0.15) is 0 Å². The lowest BCUT2D eigenvalue weighted by Crippen LogP contribution is -2.42. The van der Waals surface area contributed by atoms with E-state index in [4.69, 9.17) is 0 Å². The molecule has 0 aromatic heterocycles. The van der Waals surface area contributed by atoms with Crippen molar-refractivity contribution in [3.8, 4) is 0 Å². The molecular weight excluding hydrogens is 217 g/mol. The minimum atomic E-state index is -0.276. The van der Waals surface area contributed by atoms with E-state index in [9.17, 15) is 9.18 Å². The summed E-state index contributed by atoms with van der Waals surface area (Å²) < 4.78 is 13.0. The molecule has 3 heteroatoms. The molecule has 1 atom stereocenters. The molecule has 1 aliphatic rings. The zero-order valence-corrected chi connectivity index (χ0v) is 10.2. The molecule has 1 saturated heterocycles. The standard InChI is InChI=1S/C14H18FNO/c1-11-5-2-3-8-16(11)14(17)10-12-6-4-7-13(15)9-12/h4,6-7,9,11H,2-3,5,8,10H2,1H3/t11-/m0/s1. The Morgan fingerprint density at radius 2 is 2.29 bits per heavy atom. The summed E-state index contributed by atoms with van der Waals surface area (Å²) >= 11 is 0. The van der Waals surface area contributed by atoms with E-state index < -0.39 is 0 Å². The van der Waals surface area contributed by atoms with E-state index in [1.807, 2.05) is 4.90 Å². The Hall–Kier alpha value is -1.38.